The van der Waals surface area contributed by atoms with E-state index >= 15 is 0 Å². The Bertz CT molecular complexity index is 494. The molecule has 0 saturated carbocycles. The number of carbonyl (C=O) groups excluding carboxylic acids is 1. The number of thioether (sulfide) groups is 1. The van der Waals surface area contributed by atoms with Crippen molar-refractivity contribution < 1.29 is 9.53 Å². The summed E-state index contributed by atoms with van der Waals surface area (Å²) in [5.41, 5.74) is 2.45. The summed E-state index contributed by atoms with van der Waals surface area (Å²) in [6.07, 6.45) is 3.94. The molecule has 2 fully saturated rings. The lowest BCUT2D eigenvalue weighted by Crippen LogP contribution is -2.32. The van der Waals surface area contributed by atoms with Crippen LogP contribution in [-0.2, 0) is 16.1 Å². The average Bonchev–Trinajstić information content (AvgIpc) is 3.13. The van der Waals surface area contributed by atoms with Crippen LogP contribution < -0.4 is 10.2 Å². The SMILES string of the molecule is O=C(CCC1CCCO1)NCc1ccc(N2CCSCC2)cc1. The lowest BCUT2D eigenvalue weighted by molar-refractivity contribution is -0.121. The van der Waals surface area contributed by atoms with Crippen LogP contribution in [0.2, 0.25) is 0 Å². The molecule has 1 aromatic rings. The molecule has 2 heterocycles. The molecule has 4 nitrogen and oxygen atoms in total. The molecule has 0 spiro atoms. The minimum absolute atomic E-state index is 0.123. The van der Waals surface area contributed by atoms with Crippen LogP contribution in [0.1, 0.15) is 31.2 Å². The Morgan fingerprint density at radius 1 is 1.26 bits per heavy atom. The van der Waals surface area contributed by atoms with E-state index < -0.39 is 0 Å². The molecular weight excluding hydrogens is 308 g/mol. The summed E-state index contributed by atoms with van der Waals surface area (Å²) >= 11 is 2.02. The molecule has 0 bridgehead atoms. The molecule has 0 aliphatic carbocycles. The summed E-state index contributed by atoms with van der Waals surface area (Å²) in [7, 11) is 0. The molecule has 1 unspecified atom stereocenters. The van der Waals surface area contributed by atoms with Gasteiger partial charge in [-0.3, -0.25) is 4.79 Å². The molecule has 2 aliphatic heterocycles. The van der Waals surface area contributed by atoms with Crippen molar-refractivity contribution in [2.45, 2.75) is 38.3 Å². The molecule has 2 saturated heterocycles. The quantitative estimate of drug-likeness (QED) is 0.869. The van der Waals surface area contributed by atoms with Crippen molar-refractivity contribution in [2.24, 2.45) is 0 Å². The number of benzene rings is 1. The molecule has 1 atom stereocenters. The van der Waals surface area contributed by atoms with Gasteiger partial charge in [-0.05, 0) is 37.0 Å². The van der Waals surface area contributed by atoms with E-state index in [-0.39, 0.29) is 5.91 Å². The van der Waals surface area contributed by atoms with E-state index in [1.165, 1.54) is 17.2 Å². The number of carbonyl (C=O) groups is 1. The van der Waals surface area contributed by atoms with Crippen LogP contribution in [0.4, 0.5) is 5.69 Å². The minimum Gasteiger partial charge on any atom is -0.378 e. The van der Waals surface area contributed by atoms with Crippen molar-refractivity contribution in [1.82, 2.24) is 5.32 Å². The highest BCUT2D eigenvalue weighted by Gasteiger charge is 2.16. The van der Waals surface area contributed by atoms with Gasteiger partial charge in [0, 0.05) is 49.9 Å². The zero-order valence-electron chi connectivity index (χ0n) is 13.6. The van der Waals surface area contributed by atoms with Gasteiger partial charge < -0.3 is 15.0 Å². The van der Waals surface area contributed by atoms with Gasteiger partial charge in [0.2, 0.25) is 5.91 Å². The van der Waals surface area contributed by atoms with Crippen LogP contribution in [0, 0.1) is 0 Å². The van der Waals surface area contributed by atoms with Gasteiger partial charge in [0.25, 0.3) is 0 Å². The highest BCUT2D eigenvalue weighted by molar-refractivity contribution is 7.99. The summed E-state index contributed by atoms with van der Waals surface area (Å²) in [6.45, 7) is 3.73. The van der Waals surface area contributed by atoms with Gasteiger partial charge in [-0.1, -0.05) is 12.1 Å². The zero-order chi connectivity index (χ0) is 15.9. The van der Waals surface area contributed by atoms with E-state index in [2.05, 4.69) is 34.5 Å². The topological polar surface area (TPSA) is 41.6 Å². The third-order valence-corrected chi connectivity index (χ3v) is 5.46. The van der Waals surface area contributed by atoms with E-state index in [1.807, 2.05) is 11.8 Å². The van der Waals surface area contributed by atoms with Crippen LogP contribution >= 0.6 is 11.8 Å². The third kappa shape index (κ3) is 5.15. The first-order chi connectivity index (χ1) is 11.3. The second-order valence-electron chi connectivity index (χ2n) is 6.22. The maximum Gasteiger partial charge on any atom is 0.220 e. The highest BCUT2D eigenvalue weighted by Crippen LogP contribution is 2.20. The number of hydrogen-bond acceptors (Lipinski definition) is 4. The Morgan fingerprint density at radius 2 is 2.04 bits per heavy atom. The lowest BCUT2D eigenvalue weighted by atomic mass is 10.1. The fourth-order valence-electron chi connectivity index (χ4n) is 3.10. The monoisotopic (exact) mass is 334 g/mol. The van der Waals surface area contributed by atoms with Crippen molar-refractivity contribution in [3.8, 4) is 0 Å². The summed E-state index contributed by atoms with van der Waals surface area (Å²) in [4.78, 5) is 14.3. The summed E-state index contributed by atoms with van der Waals surface area (Å²) in [5.74, 6) is 2.54. The molecule has 1 amide bonds. The van der Waals surface area contributed by atoms with E-state index in [0.29, 0.717) is 19.1 Å². The van der Waals surface area contributed by atoms with Crippen LogP contribution in [0.3, 0.4) is 0 Å². The van der Waals surface area contributed by atoms with Crippen molar-refractivity contribution in [3.05, 3.63) is 29.8 Å². The van der Waals surface area contributed by atoms with Crippen molar-refractivity contribution in [1.29, 1.82) is 0 Å². The Hall–Kier alpha value is -1.20. The van der Waals surface area contributed by atoms with Crippen LogP contribution in [-0.4, -0.2) is 43.2 Å². The average molecular weight is 334 g/mol. The van der Waals surface area contributed by atoms with E-state index in [0.717, 1.165) is 44.5 Å². The van der Waals surface area contributed by atoms with Gasteiger partial charge >= 0.3 is 0 Å². The highest BCUT2D eigenvalue weighted by atomic mass is 32.2. The Labute approximate surface area is 143 Å². The van der Waals surface area contributed by atoms with E-state index in [9.17, 15) is 4.79 Å². The van der Waals surface area contributed by atoms with Crippen LogP contribution in [0.15, 0.2) is 24.3 Å². The van der Waals surface area contributed by atoms with Crippen molar-refractivity contribution in [3.63, 3.8) is 0 Å². The van der Waals surface area contributed by atoms with Crippen molar-refractivity contribution >= 4 is 23.4 Å². The number of anilines is 1. The number of nitrogens with zero attached hydrogens (tertiary/aromatic N) is 1. The minimum atomic E-state index is 0.123. The summed E-state index contributed by atoms with van der Waals surface area (Å²) < 4.78 is 5.55. The summed E-state index contributed by atoms with van der Waals surface area (Å²) in [6, 6.07) is 8.59. The van der Waals surface area contributed by atoms with Gasteiger partial charge in [-0.15, -0.1) is 0 Å². The van der Waals surface area contributed by atoms with Crippen molar-refractivity contribution in [2.75, 3.05) is 36.1 Å². The normalized spacial score (nSPS) is 21.4. The van der Waals surface area contributed by atoms with Gasteiger partial charge in [0.1, 0.15) is 0 Å². The van der Waals surface area contributed by atoms with Gasteiger partial charge in [0.15, 0.2) is 0 Å². The predicted octanol–water partition coefficient (Wildman–Crippen LogP) is 2.82. The van der Waals surface area contributed by atoms with E-state index in [1.54, 1.807) is 0 Å². The van der Waals surface area contributed by atoms with Crippen LogP contribution in [0.25, 0.3) is 0 Å². The van der Waals surface area contributed by atoms with E-state index in [4.69, 9.17) is 4.74 Å². The largest absolute Gasteiger partial charge is 0.378 e. The number of hydrogen-bond donors (Lipinski definition) is 1. The zero-order valence-corrected chi connectivity index (χ0v) is 14.4. The first-order valence-electron chi connectivity index (χ1n) is 8.61. The Kier molecular flexibility index (Phi) is 6.22. The number of amides is 1. The second kappa shape index (κ2) is 8.60. The van der Waals surface area contributed by atoms with Gasteiger partial charge in [-0.25, -0.2) is 0 Å². The molecule has 1 N–H and O–H groups in total. The fourth-order valence-corrected chi connectivity index (χ4v) is 4.00. The maximum atomic E-state index is 11.9. The first kappa shape index (κ1) is 16.7. The standard InChI is InChI=1S/C18H26N2O2S/c21-18(8-7-17-2-1-11-22-17)19-14-15-3-5-16(6-4-15)20-9-12-23-13-10-20/h3-6,17H,1-2,7-14H2,(H,19,21). The molecule has 23 heavy (non-hydrogen) atoms. The molecular formula is C18H26N2O2S. The molecule has 126 valence electrons. The summed E-state index contributed by atoms with van der Waals surface area (Å²) in [5, 5.41) is 3.01. The molecule has 0 aromatic heterocycles. The smallest absolute Gasteiger partial charge is 0.220 e. The number of ether oxygens (including phenoxy) is 1. The predicted molar refractivity (Wildman–Crippen MR) is 96.0 cm³/mol. The van der Waals surface area contributed by atoms with Gasteiger partial charge in [0.05, 0.1) is 6.10 Å². The maximum absolute atomic E-state index is 11.9. The molecule has 1 aromatic carbocycles. The Balaban J connectivity index is 1.40. The molecule has 3 rings (SSSR count). The molecule has 2 aliphatic rings. The second-order valence-corrected chi connectivity index (χ2v) is 7.44. The Morgan fingerprint density at radius 3 is 2.74 bits per heavy atom. The van der Waals surface area contributed by atoms with Crippen LogP contribution in [0.5, 0.6) is 0 Å². The lowest BCUT2D eigenvalue weighted by Gasteiger charge is -2.28. The van der Waals surface area contributed by atoms with Gasteiger partial charge in [-0.2, -0.15) is 11.8 Å². The molecule has 0 radical (unpaired) electrons. The fraction of sp³-hybridized carbons (Fsp3) is 0.611. The first-order valence-corrected chi connectivity index (χ1v) is 9.77. The number of rotatable bonds is 6. The third-order valence-electron chi connectivity index (χ3n) is 4.52. The molecule has 5 heteroatoms. The number of nitrogens with one attached hydrogen (secondary N) is 1.